The number of benzene rings is 2. The Kier molecular flexibility index (Phi) is 8.73. The Morgan fingerprint density at radius 1 is 1.05 bits per heavy atom. The number of methoxy groups -OCH3 is 1. The van der Waals surface area contributed by atoms with Crippen LogP contribution in [0.3, 0.4) is 0 Å². The van der Waals surface area contributed by atoms with Gasteiger partial charge in [-0.1, -0.05) is 24.3 Å². The molecule has 3 amide bonds. The molecule has 38 heavy (non-hydrogen) atoms. The number of para-hydroxylation sites is 2. The van der Waals surface area contributed by atoms with Gasteiger partial charge in [-0.3, -0.25) is 4.90 Å². The Hall–Kier alpha value is -3.79. The van der Waals surface area contributed by atoms with Crippen molar-refractivity contribution in [3.05, 3.63) is 59.9 Å². The molecule has 0 radical (unpaired) electrons. The van der Waals surface area contributed by atoms with Crippen LogP contribution in [0.25, 0.3) is 11.0 Å². The fourth-order valence-corrected chi connectivity index (χ4v) is 4.37. The van der Waals surface area contributed by atoms with Crippen molar-refractivity contribution in [1.29, 1.82) is 0 Å². The highest BCUT2D eigenvalue weighted by atomic mass is 16.6. The molecule has 1 aromatic heterocycles. The standard InChI is InChI=1S/C28H38N6O4/c1-28(2,3)38-27(36)34-17-15-33(16-18-34)14-13-29-26(35)32-24(19-20-9-11-21(37-4)12-10-20)25-30-22-7-5-6-8-23(22)31-25/h5-12,24H,13-19H2,1-4H3,(H,30,31)(H2,29,32,35). The van der Waals surface area contributed by atoms with Crippen LogP contribution < -0.4 is 15.4 Å². The third kappa shape index (κ3) is 7.61. The van der Waals surface area contributed by atoms with E-state index in [-0.39, 0.29) is 18.2 Å². The van der Waals surface area contributed by atoms with Gasteiger partial charge < -0.3 is 30.0 Å². The number of nitrogens with one attached hydrogen (secondary N) is 3. The summed E-state index contributed by atoms with van der Waals surface area (Å²) in [4.78, 5) is 37.2. The first-order valence-electron chi connectivity index (χ1n) is 13.0. The van der Waals surface area contributed by atoms with Crippen LogP contribution in [0.15, 0.2) is 48.5 Å². The van der Waals surface area contributed by atoms with E-state index in [4.69, 9.17) is 14.5 Å². The first-order valence-corrected chi connectivity index (χ1v) is 13.0. The summed E-state index contributed by atoms with van der Waals surface area (Å²) in [5, 5.41) is 6.06. The third-order valence-electron chi connectivity index (χ3n) is 6.38. The van der Waals surface area contributed by atoms with Crippen molar-refractivity contribution in [2.45, 2.75) is 38.8 Å². The highest BCUT2D eigenvalue weighted by Crippen LogP contribution is 2.21. The molecule has 4 rings (SSSR count). The van der Waals surface area contributed by atoms with Crippen molar-refractivity contribution >= 4 is 23.2 Å². The van der Waals surface area contributed by atoms with E-state index in [1.165, 1.54) is 0 Å². The van der Waals surface area contributed by atoms with Crippen molar-refractivity contribution in [2.75, 3.05) is 46.4 Å². The summed E-state index contributed by atoms with van der Waals surface area (Å²) in [6.45, 7) is 9.49. The minimum Gasteiger partial charge on any atom is -0.497 e. The summed E-state index contributed by atoms with van der Waals surface area (Å²) in [5.74, 6) is 1.49. The van der Waals surface area contributed by atoms with E-state index in [0.717, 1.165) is 35.4 Å². The molecule has 0 aliphatic carbocycles. The van der Waals surface area contributed by atoms with Crippen molar-refractivity contribution in [2.24, 2.45) is 0 Å². The highest BCUT2D eigenvalue weighted by molar-refractivity contribution is 5.76. The summed E-state index contributed by atoms with van der Waals surface area (Å²) < 4.78 is 10.7. The van der Waals surface area contributed by atoms with E-state index in [2.05, 4.69) is 20.5 Å². The van der Waals surface area contributed by atoms with Gasteiger partial charge in [0, 0.05) is 39.3 Å². The van der Waals surface area contributed by atoms with Crippen molar-refractivity contribution in [1.82, 2.24) is 30.4 Å². The summed E-state index contributed by atoms with van der Waals surface area (Å²) >= 11 is 0. The molecule has 0 spiro atoms. The van der Waals surface area contributed by atoms with Gasteiger partial charge >= 0.3 is 12.1 Å². The van der Waals surface area contributed by atoms with E-state index < -0.39 is 5.60 Å². The number of carbonyl (C=O) groups is 2. The van der Waals surface area contributed by atoms with Gasteiger partial charge in [0.2, 0.25) is 0 Å². The van der Waals surface area contributed by atoms with Gasteiger partial charge in [-0.25, -0.2) is 14.6 Å². The maximum atomic E-state index is 12.9. The van der Waals surface area contributed by atoms with Gasteiger partial charge in [-0.15, -0.1) is 0 Å². The lowest BCUT2D eigenvalue weighted by molar-refractivity contribution is 0.0147. The van der Waals surface area contributed by atoms with Crippen LogP contribution in [0, 0.1) is 0 Å². The monoisotopic (exact) mass is 522 g/mol. The fraction of sp³-hybridized carbons (Fsp3) is 0.464. The van der Waals surface area contributed by atoms with Gasteiger partial charge in [-0.2, -0.15) is 0 Å². The second-order valence-electron chi connectivity index (χ2n) is 10.5. The highest BCUT2D eigenvalue weighted by Gasteiger charge is 2.26. The normalized spacial score (nSPS) is 15.2. The number of ether oxygens (including phenoxy) is 2. The number of H-pyrrole nitrogens is 1. The molecule has 1 fully saturated rings. The van der Waals surface area contributed by atoms with Crippen LogP contribution in [0.5, 0.6) is 5.75 Å². The second kappa shape index (κ2) is 12.2. The molecule has 1 atom stereocenters. The van der Waals surface area contributed by atoms with E-state index >= 15 is 0 Å². The molecule has 204 valence electrons. The molecule has 10 heteroatoms. The number of carbonyl (C=O) groups excluding carboxylic acids is 2. The Bertz CT molecular complexity index is 1180. The first kappa shape index (κ1) is 27.3. The Morgan fingerprint density at radius 3 is 2.42 bits per heavy atom. The molecule has 1 saturated heterocycles. The molecule has 2 heterocycles. The largest absolute Gasteiger partial charge is 0.497 e. The molecule has 3 aromatic rings. The van der Waals surface area contributed by atoms with Crippen molar-refractivity contribution < 1.29 is 19.1 Å². The average molecular weight is 523 g/mol. The van der Waals surface area contributed by atoms with Gasteiger partial charge in [0.15, 0.2) is 0 Å². The maximum Gasteiger partial charge on any atom is 0.410 e. The predicted molar refractivity (Wildman–Crippen MR) is 146 cm³/mol. The number of fused-ring (bicyclic) bond motifs is 1. The molecular formula is C28H38N6O4. The molecule has 3 N–H and O–H groups in total. The first-order chi connectivity index (χ1) is 18.2. The SMILES string of the molecule is COc1ccc(CC(NC(=O)NCCN2CCN(C(=O)OC(C)(C)C)CC2)c2nc3ccccc3[nH]2)cc1. The minimum atomic E-state index is -0.501. The zero-order valence-corrected chi connectivity index (χ0v) is 22.6. The lowest BCUT2D eigenvalue weighted by Crippen LogP contribution is -2.51. The number of imidazole rings is 1. The quantitative estimate of drug-likeness (QED) is 0.416. The number of hydrogen-bond acceptors (Lipinski definition) is 6. The number of aromatic amines is 1. The van der Waals surface area contributed by atoms with Gasteiger partial charge in [0.05, 0.1) is 24.2 Å². The van der Waals surface area contributed by atoms with Gasteiger partial charge in [-0.05, 0) is 57.0 Å². The molecule has 0 saturated carbocycles. The van der Waals surface area contributed by atoms with E-state index in [1.54, 1.807) is 12.0 Å². The molecular weight excluding hydrogens is 484 g/mol. The van der Waals surface area contributed by atoms with Crippen LogP contribution >= 0.6 is 0 Å². The molecule has 2 aromatic carbocycles. The minimum absolute atomic E-state index is 0.253. The maximum absolute atomic E-state index is 12.9. The smallest absolute Gasteiger partial charge is 0.410 e. The Balaban J connectivity index is 1.30. The average Bonchev–Trinajstić information content (AvgIpc) is 3.32. The van der Waals surface area contributed by atoms with Crippen molar-refractivity contribution in [3.8, 4) is 5.75 Å². The van der Waals surface area contributed by atoms with Crippen LogP contribution in [0.2, 0.25) is 0 Å². The lowest BCUT2D eigenvalue weighted by atomic mass is 10.1. The number of nitrogens with zero attached hydrogens (tertiary/aromatic N) is 3. The number of amides is 3. The third-order valence-corrected chi connectivity index (χ3v) is 6.38. The number of aromatic nitrogens is 2. The lowest BCUT2D eigenvalue weighted by Gasteiger charge is -2.35. The second-order valence-corrected chi connectivity index (χ2v) is 10.5. The molecule has 1 aliphatic rings. The van der Waals surface area contributed by atoms with Crippen LogP contribution in [-0.2, 0) is 11.2 Å². The zero-order valence-electron chi connectivity index (χ0n) is 22.6. The van der Waals surface area contributed by atoms with E-state index in [1.807, 2.05) is 69.3 Å². The Labute approximate surface area is 223 Å². The molecule has 0 bridgehead atoms. The van der Waals surface area contributed by atoms with Gasteiger partial charge in [0.25, 0.3) is 0 Å². The number of piperazine rings is 1. The molecule has 1 aliphatic heterocycles. The topological polar surface area (TPSA) is 112 Å². The Morgan fingerprint density at radius 2 is 1.76 bits per heavy atom. The van der Waals surface area contributed by atoms with Gasteiger partial charge in [0.1, 0.15) is 17.2 Å². The zero-order chi connectivity index (χ0) is 27.1. The summed E-state index contributed by atoms with van der Waals surface area (Å²) in [5.41, 5.74) is 2.34. The number of urea groups is 1. The molecule has 10 nitrogen and oxygen atoms in total. The van der Waals surface area contributed by atoms with E-state index in [9.17, 15) is 9.59 Å². The summed E-state index contributed by atoms with van der Waals surface area (Å²) in [6.07, 6.45) is 0.298. The van der Waals surface area contributed by atoms with Crippen LogP contribution in [0.4, 0.5) is 9.59 Å². The van der Waals surface area contributed by atoms with Crippen LogP contribution in [-0.4, -0.2) is 83.9 Å². The predicted octanol–water partition coefficient (Wildman–Crippen LogP) is 3.71. The van der Waals surface area contributed by atoms with Crippen molar-refractivity contribution in [3.63, 3.8) is 0 Å². The summed E-state index contributed by atoms with van der Waals surface area (Å²) in [7, 11) is 1.64. The number of rotatable bonds is 8. The van der Waals surface area contributed by atoms with Crippen LogP contribution in [0.1, 0.15) is 38.2 Å². The summed E-state index contributed by atoms with van der Waals surface area (Å²) in [6, 6.07) is 15.0. The number of hydrogen-bond donors (Lipinski definition) is 3. The van der Waals surface area contributed by atoms with E-state index in [0.29, 0.717) is 38.4 Å². The fourth-order valence-electron chi connectivity index (χ4n) is 4.37. The molecule has 1 unspecified atom stereocenters.